The lowest BCUT2D eigenvalue weighted by Gasteiger charge is -2.28. The van der Waals surface area contributed by atoms with E-state index in [2.05, 4.69) is 0 Å². The number of sulfone groups is 1. The molecule has 0 aromatic heterocycles. The van der Waals surface area contributed by atoms with E-state index in [0.717, 1.165) is 17.0 Å². The summed E-state index contributed by atoms with van der Waals surface area (Å²) in [6, 6.07) is 9.65. The van der Waals surface area contributed by atoms with Crippen LogP contribution >= 0.6 is 11.6 Å². The van der Waals surface area contributed by atoms with Crippen LogP contribution in [0.2, 0.25) is 5.02 Å². The van der Waals surface area contributed by atoms with Crippen LogP contribution in [0.4, 0.5) is 10.1 Å². The predicted molar refractivity (Wildman–Crippen MR) is 96.1 cm³/mol. The van der Waals surface area contributed by atoms with Crippen molar-refractivity contribution in [3.8, 4) is 0 Å². The summed E-state index contributed by atoms with van der Waals surface area (Å²) in [7, 11) is -3.37. The van der Waals surface area contributed by atoms with Gasteiger partial charge in [0.2, 0.25) is 0 Å². The zero-order valence-corrected chi connectivity index (χ0v) is 14.9. The van der Waals surface area contributed by atoms with Gasteiger partial charge in [-0.2, -0.15) is 0 Å². The average Bonchev–Trinajstić information content (AvgIpc) is 2.90. The van der Waals surface area contributed by atoms with Crippen molar-refractivity contribution in [2.24, 2.45) is 0 Å². The molecule has 0 spiro atoms. The lowest BCUT2D eigenvalue weighted by atomic mass is 10.1. The molecule has 0 aliphatic carbocycles. The van der Waals surface area contributed by atoms with Crippen molar-refractivity contribution in [2.75, 3.05) is 10.7 Å². The van der Waals surface area contributed by atoms with Gasteiger partial charge in [0, 0.05) is 21.7 Å². The highest BCUT2D eigenvalue weighted by Crippen LogP contribution is 2.29. The molecule has 0 bridgehead atoms. The van der Waals surface area contributed by atoms with Gasteiger partial charge in [0.25, 0.3) is 5.91 Å². The number of nitrogens with zero attached hydrogens (tertiary/aromatic N) is 1. The first-order chi connectivity index (χ1) is 11.8. The molecular weight excluding hydrogens is 365 g/mol. The Hall–Kier alpha value is -2.18. The number of halogens is 2. The van der Waals surface area contributed by atoms with Gasteiger partial charge < -0.3 is 4.90 Å². The maximum atomic E-state index is 13.5. The molecule has 2 aromatic carbocycles. The summed E-state index contributed by atoms with van der Waals surface area (Å²) >= 11 is 6.16. The molecule has 1 aliphatic rings. The van der Waals surface area contributed by atoms with Crippen molar-refractivity contribution in [2.45, 2.75) is 13.0 Å². The van der Waals surface area contributed by atoms with Crippen LogP contribution in [-0.2, 0) is 9.84 Å². The fourth-order valence-corrected chi connectivity index (χ4v) is 4.11. The van der Waals surface area contributed by atoms with Crippen LogP contribution < -0.4 is 4.90 Å². The first-order valence-electron chi connectivity index (χ1n) is 7.53. The average molecular weight is 380 g/mol. The second kappa shape index (κ2) is 6.61. The quantitative estimate of drug-likeness (QED) is 0.816. The summed E-state index contributed by atoms with van der Waals surface area (Å²) in [4.78, 5) is 14.3. The van der Waals surface area contributed by atoms with Crippen molar-refractivity contribution in [1.29, 1.82) is 0 Å². The minimum absolute atomic E-state index is 0.134. The van der Waals surface area contributed by atoms with E-state index in [1.54, 1.807) is 18.2 Å². The second-order valence-corrected chi connectivity index (χ2v) is 8.18. The van der Waals surface area contributed by atoms with Gasteiger partial charge in [0.15, 0.2) is 9.84 Å². The Bertz CT molecular complexity index is 972. The van der Waals surface area contributed by atoms with Crippen molar-refractivity contribution < 1.29 is 17.6 Å². The highest BCUT2D eigenvalue weighted by Gasteiger charge is 2.32. The number of rotatable bonds is 3. The number of hydrogen-bond acceptors (Lipinski definition) is 3. The minimum Gasteiger partial charge on any atom is -0.300 e. The topological polar surface area (TPSA) is 54.5 Å². The van der Waals surface area contributed by atoms with Gasteiger partial charge >= 0.3 is 0 Å². The van der Waals surface area contributed by atoms with Crippen LogP contribution in [0, 0.1) is 12.7 Å². The molecule has 0 saturated carbocycles. The van der Waals surface area contributed by atoms with Gasteiger partial charge in [-0.05, 0) is 48.9 Å². The Morgan fingerprint density at radius 1 is 1.24 bits per heavy atom. The molecular formula is C18H15ClFNO3S. The Morgan fingerprint density at radius 2 is 2.00 bits per heavy atom. The highest BCUT2D eigenvalue weighted by molar-refractivity contribution is 7.94. The Balaban J connectivity index is 2.07. The molecule has 1 unspecified atom stereocenters. The Kier molecular flexibility index (Phi) is 4.67. The third-order valence-corrected chi connectivity index (χ3v) is 5.75. The first-order valence-corrected chi connectivity index (χ1v) is 9.62. The lowest BCUT2D eigenvalue weighted by molar-refractivity contribution is 0.0982. The zero-order valence-electron chi connectivity index (χ0n) is 13.3. The standard InChI is InChI=1S/C18H15ClFNO3S/c1-12-5-6-15(10-17(12)19)21(16-7-8-25(23,24)11-16)18(22)13-3-2-4-14(20)9-13/h2-10,16H,11H2,1H3. The molecule has 7 heteroatoms. The van der Waals surface area contributed by atoms with E-state index in [9.17, 15) is 17.6 Å². The van der Waals surface area contributed by atoms with Gasteiger partial charge in [-0.3, -0.25) is 4.79 Å². The molecule has 1 aliphatic heterocycles. The normalized spacial score (nSPS) is 18.3. The van der Waals surface area contributed by atoms with Gasteiger partial charge in [0.1, 0.15) is 5.82 Å². The summed E-state index contributed by atoms with van der Waals surface area (Å²) in [5, 5.41) is 1.55. The smallest absolute Gasteiger partial charge is 0.258 e. The van der Waals surface area contributed by atoms with Gasteiger partial charge in [-0.15, -0.1) is 0 Å². The SMILES string of the molecule is Cc1ccc(N(C(=O)c2cccc(F)c2)C2C=CS(=O)(=O)C2)cc1Cl. The van der Waals surface area contributed by atoms with Crippen LogP contribution in [0.5, 0.6) is 0 Å². The third kappa shape index (κ3) is 3.75. The zero-order chi connectivity index (χ0) is 18.2. The summed E-state index contributed by atoms with van der Waals surface area (Å²) in [6.07, 6.45) is 1.46. The number of carbonyl (C=O) groups is 1. The number of anilines is 1. The van der Waals surface area contributed by atoms with E-state index < -0.39 is 27.6 Å². The van der Waals surface area contributed by atoms with Crippen molar-refractivity contribution in [3.63, 3.8) is 0 Å². The molecule has 2 aromatic rings. The van der Waals surface area contributed by atoms with E-state index in [0.29, 0.717) is 10.7 Å². The van der Waals surface area contributed by atoms with Crippen molar-refractivity contribution in [3.05, 3.63) is 75.9 Å². The van der Waals surface area contributed by atoms with E-state index in [1.807, 2.05) is 6.92 Å². The van der Waals surface area contributed by atoms with Gasteiger partial charge in [0.05, 0.1) is 11.8 Å². The van der Waals surface area contributed by atoms with Crippen LogP contribution in [-0.4, -0.2) is 26.1 Å². The van der Waals surface area contributed by atoms with Crippen LogP contribution in [0.15, 0.2) is 53.9 Å². The van der Waals surface area contributed by atoms with E-state index >= 15 is 0 Å². The van der Waals surface area contributed by atoms with Crippen LogP contribution in [0.25, 0.3) is 0 Å². The fourth-order valence-electron chi connectivity index (χ4n) is 2.67. The molecule has 0 fully saturated rings. The molecule has 130 valence electrons. The number of amides is 1. The number of aryl methyl sites for hydroxylation is 1. The molecule has 0 radical (unpaired) electrons. The van der Waals surface area contributed by atoms with Crippen molar-refractivity contribution >= 4 is 33.0 Å². The third-order valence-electron chi connectivity index (χ3n) is 3.97. The maximum Gasteiger partial charge on any atom is 0.258 e. The van der Waals surface area contributed by atoms with E-state index in [4.69, 9.17) is 11.6 Å². The van der Waals surface area contributed by atoms with E-state index in [1.165, 1.54) is 29.2 Å². The lowest BCUT2D eigenvalue weighted by Crippen LogP contribution is -2.41. The molecule has 0 N–H and O–H groups in total. The van der Waals surface area contributed by atoms with Crippen LogP contribution in [0.1, 0.15) is 15.9 Å². The predicted octanol–water partition coefficient (Wildman–Crippen LogP) is 3.75. The maximum absolute atomic E-state index is 13.5. The molecule has 25 heavy (non-hydrogen) atoms. The number of hydrogen-bond donors (Lipinski definition) is 0. The molecule has 4 nitrogen and oxygen atoms in total. The first kappa shape index (κ1) is 17.6. The Labute approximate surface area is 150 Å². The summed E-state index contributed by atoms with van der Waals surface area (Å²) in [5.74, 6) is -1.26. The molecule has 1 atom stereocenters. The highest BCUT2D eigenvalue weighted by atomic mass is 35.5. The Morgan fingerprint density at radius 3 is 2.60 bits per heavy atom. The summed E-state index contributed by atoms with van der Waals surface area (Å²) in [6.45, 7) is 1.82. The summed E-state index contributed by atoms with van der Waals surface area (Å²) in [5.41, 5.74) is 1.42. The second-order valence-electron chi connectivity index (χ2n) is 5.84. The van der Waals surface area contributed by atoms with Gasteiger partial charge in [-0.25, -0.2) is 12.8 Å². The largest absolute Gasteiger partial charge is 0.300 e. The molecule has 1 heterocycles. The monoisotopic (exact) mass is 379 g/mol. The van der Waals surface area contributed by atoms with Crippen LogP contribution in [0.3, 0.4) is 0 Å². The molecule has 1 amide bonds. The molecule has 3 rings (SSSR count). The molecule has 0 saturated heterocycles. The number of benzene rings is 2. The van der Waals surface area contributed by atoms with Gasteiger partial charge in [-0.1, -0.05) is 23.7 Å². The minimum atomic E-state index is -3.37. The fraction of sp³-hybridized carbons (Fsp3) is 0.167. The van der Waals surface area contributed by atoms with E-state index in [-0.39, 0.29) is 11.3 Å². The number of carbonyl (C=O) groups excluding carboxylic acids is 1. The van der Waals surface area contributed by atoms with Crippen molar-refractivity contribution in [1.82, 2.24) is 0 Å². The summed E-state index contributed by atoms with van der Waals surface area (Å²) < 4.78 is 37.1.